The van der Waals surface area contributed by atoms with E-state index in [1.165, 1.54) is 37.8 Å². The van der Waals surface area contributed by atoms with Gasteiger partial charge in [-0.15, -0.1) is 0 Å². The van der Waals surface area contributed by atoms with Crippen molar-refractivity contribution < 1.29 is 0 Å². The normalized spacial score (nSPS) is 25.1. The van der Waals surface area contributed by atoms with Gasteiger partial charge in [-0.05, 0) is 31.7 Å². The van der Waals surface area contributed by atoms with Crippen LogP contribution in [-0.2, 0) is 13.1 Å². The molecule has 2 rings (SSSR count). The second kappa shape index (κ2) is 6.20. The highest BCUT2D eigenvalue weighted by Crippen LogP contribution is 2.28. The molecule has 96 valence electrons. The first-order valence-electron chi connectivity index (χ1n) is 7.01. The lowest BCUT2D eigenvalue weighted by Gasteiger charge is -2.28. The lowest BCUT2D eigenvalue weighted by molar-refractivity contribution is 0.247. The Bertz CT molecular complexity index is 332. The molecule has 1 heterocycles. The van der Waals surface area contributed by atoms with Crippen LogP contribution in [0.15, 0.2) is 12.4 Å². The van der Waals surface area contributed by atoms with Crippen LogP contribution in [0.2, 0.25) is 0 Å². The van der Waals surface area contributed by atoms with Crippen molar-refractivity contribution >= 4 is 0 Å². The minimum absolute atomic E-state index is 0.880. The zero-order valence-electron chi connectivity index (χ0n) is 11.2. The van der Waals surface area contributed by atoms with E-state index in [0.717, 1.165) is 24.9 Å². The molecule has 1 fully saturated rings. The summed E-state index contributed by atoms with van der Waals surface area (Å²) in [6.07, 6.45) is 9.78. The molecule has 2 atom stereocenters. The van der Waals surface area contributed by atoms with Gasteiger partial charge >= 0.3 is 0 Å². The molecule has 17 heavy (non-hydrogen) atoms. The third-order valence-electron chi connectivity index (χ3n) is 4.04. The fraction of sp³-hybridized carbons (Fsp3) is 0.786. The summed E-state index contributed by atoms with van der Waals surface area (Å²) in [7, 11) is 0. The summed E-state index contributed by atoms with van der Waals surface area (Å²) in [6.45, 7) is 7.61. The molecular formula is C14H25N3. The van der Waals surface area contributed by atoms with Crippen LogP contribution >= 0.6 is 0 Å². The Morgan fingerprint density at radius 3 is 2.94 bits per heavy atom. The minimum atomic E-state index is 0.880. The van der Waals surface area contributed by atoms with Crippen LogP contribution in [0.1, 0.15) is 45.1 Å². The molecule has 0 aliphatic heterocycles. The number of hydrogen-bond donors (Lipinski definition) is 1. The fourth-order valence-electron chi connectivity index (χ4n) is 2.77. The molecule has 0 bridgehead atoms. The highest BCUT2D eigenvalue weighted by atomic mass is 15.3. The third-order valence-corrected chi connectivity index (χ3v) is 4.04. The van der Waals surface area contributed by atoms with Crippen LogP contribution in [0.25, 0.3) is 0 Å². The molecule has 1 aliphatic rings. The van der Waals surface area contributed by atoms with Gasteiger partial charge in [0.15, 0.2) is 0 Å². The molecule has 0 amide bonds. The maximum Gasteiger partial charge on any atom is 0.0534 e. The van der Waals surface area contributed by atoms with E-state index < -0.39 is 0 Å². The van der Waals surface area contributed by atoms with E-state index in [2.05, 4.69) is 30.5 Å². The van der Waals surface area contributed by atoms with E-state index in [-0.39, 0.29) is 0 Å². The summed E-state index contributed by atoms with van der Waals surface area (Å²) < 4.78 is 1.99. The molecule has 0 aromatic carbocycles. The summed E-state index contributed by atoms with van der Waals surface area (Å²) in [6, 6.07) is 0. The molecule has 2 unspecified atom stereocenters. The molecule has 0 spiro atoms. The predicted molar refractivity (Wildman–Crippen MR) is 70.7 cm³/mol. The maximum atomic E-state index is 4.29. The Balaban J connectivity index is 1.71. The Morgan fingerprint density at radius 2 is 2.24 bits per heavy atom. The Labute approximate surface area is 105 Å². The van der Waals surface area contributed by atoms with Crippen molar-refractivity contribution in [1.82, 2.24) is 15.1 Å². The van der Waals surface area contributed by atoms with Crippen LogP contribution in [-0.4, -0.2) is 16.3 Å². The predicted octanol–water partition coefficient (Wildman–Crippen LogP) is 2.82. The van der Waals surface area contributed by atoms with Gasteiger partial charge in [0.25, 0.3) is 0 Å². The average molecular weight is 235 g/mol. The fourth-order valence-corrected chi connectivity index (χ4v) is 2.77. The molecule has 1 aliphatic carbocycles. The smallest absolute Gasteiger partial charge is 0.0534 e. The zero-order valence-corrected chi connectivity index (χ0v) is 11.2. The van der Waals surface area contributed by atoms with E-state index in [1.807, 2.05) is 10.9 Å². The molecule has 1 aromatic rings. The van der Waals surface area contributed by atoms with E-state index in [4.69, 9.17) is 0 Å². The lowest BCUT2D eigenvalue weighted by Crippen LogP contribution is -2.28. The summed E-state index contributed by atoms with van der Waals surface area (Å²) >= 11 is 0. The van der Waals surface area contributed by atoms with Gasteiger partial charge in [0.2, 0.25) is 0 Å². The van der Waals surface area contributed by atoms with Gasteiger partial charge in [-0.3, -0.25) is 4.68 Å². The first kappa shape index (κ1) is 12.6. The van der Waals surface area contributed by atoms with Crippen LogP contribution in [0.3, 0.4) is 0 Å². The van der Waals surface area contributed by atoms with Crippen LogP contribution in [0.4, 0.5) is 0 Å². The van der Waals surface area contributed by atoms with Crippen molar-refractivity contribution in [3.8, 4) is 0 Å². The number of aryl methyl sites for hydroxylation is 1. The Kier molecular flexibility index (Phi) is 4.60. The molecule has 3 nitrogen and oxygen atoms in total. The van der Waals surface area contributed by atoms with Crippen LogP contribution in [0, 0.1) is 11.8 Å². The van der Waals surface area contributed by atoms with Gasteiger partial charge in [0, 0.05) is 24.8 Å². The number of rotatable bonds is 5. The van der Waals surface area contributed by atoms with Gasteiger partial charge in [0.1, 0.15) is 0 Å². The topological polar surface area (TPSA) is 29.9 Å². The average Bonchev–Trinajstić information content (AvgIpc) is 2.80. The van der Waals surface area contributed by atoms with Gasteiger partial charge in [-0.2, -0.15) is 5.10 Å². The van der Waals surface area contributed by atoms with Crippen molar-refractivity contribution in [3.05, 3.63) is 18.0 Å². The lowest BCUT2D eigenvalue weighted by atomic mass is 9.80. The van der Waals surface area contributed by atoms with Crippen molar-refractivity contribution in [2.45, 2.75) is 52.6 Å². The van der Waals surface area contributed by atoms with E-state index in [1.54, 1.807) is 0 Å². The first-order valence-corrected chi connectivity index (χ1v) is 7.01. The molecule has 1 saturated carbocycles. The monoisotopic (exact) mass is 235 g/mol. The largest absolute Gasteiger partial charge is 0.312 e. The molecule has 3 heteroatoms. The summed E-state index contributed by atoms with van der Waals surface area (Å²) in [4.78, 5) is 0. The second-order valence-electron chi connectivity index (χ2n) is 5.36. The van der Waals surface area contributed by atoms with Crippen molar-refractivity contribution in [2.24, 2.45) is 11.8 Å². The third kappa shape index (κ3) is 3.56. The van der Waals surface area contributed by atoms with Gasteiger partial charge in [-0.1, -0.05) is 26.2 Å². The maximum absolute atomic E-state index is 4.29. The van der Waals surface area contributed by atoms with E-state index >= 15 is 0 Å². The van der Waals surface area contributed by atoms with E-state index in [9.17, 15) is 0 Å². The summed E-state index contributed by atoms with van der Waals surface area (Å²) in [5.74, 6) is 1.78. The summed E-state index contributed by atoms with van der Waals surface area (Å²) in [5.41, 5.74) is 1.30. The number of aromatic nitrogens is 2. The van der Waals surface area contributed by atoms with Gasteiger partial charge in [-0.25, -0.2) is 0 Å². The SMILES string of the molecule is CCn1cc(CNCC2CCCCC2C)cn1. The molecule has 0 saturated heterocycles. The highest BCUT2D eigenvalue weighted by Gasteiger charge is 2.20. The number of hydrogen-bond acceptors (Lipinski definition) is 2. The minimum Gasteiger partial charge on any atom is -0.312 e. The van der Waals surface area contributed by atoms with Gasteiger partial charge < -0.3 is 5.32 Å². The highest BCUT2D eigenvalue weighted by molar-refractivity contribution is 5.03. The first-order chi connectivity index (χ1) is 8.29. The van der Waals surface area contributed by atoms with Crippen molar-refractivity contribution in [1.29, 1.82) is 0 Å². The number of nitrogens with one attached hydrogen (secondary N) is 1. The van der Waals surface area contributed by atoms with Crippen LogP contribution < -0.4 is 5.32 Å². The van der Waals surface area contributed by atoms with Crippen molar-refractivity contribution in [2.75, 3.05) is 6.54 Å². The quantitative estimate of drug-likeness (QED) is 0.850. The second-order valence-corrected chi connectivity index (χ2v) is 5.36. The molecule has 1 N–H and O–H groups in total. The van der Waals surface area contributed by atoms with Crippen LogP contribution in [0.5, 0.6) is 0 Å². The zero-order chi connectivity index (χ0) is 12.1. The van der Waals surface area contributed by atoms with Gasteiger partial charge in [0.05, 0.1) is 6.20 Å². The molecule has 0 radical (unpaired) electrons. The number of nitrogens with zero attached hydrogens (tertiary/aromatic N) is 2. The van der Waals surface area contributed by atoms with E-state index in [0.29, 0.717) is 0 Å². The Hall–Kier alpha value is -0.830. The molecule has 1 aromatic heterocycles. The Morgan fingerprint density at radius 1 is 1.41 bits per heavy atom. The molecular weight excluding hydrogens is 210 g/mol. The summed E-state index contributed by atoms with van der Waals surface area (Å²) in [5, 5.41) is 7.88. The standard InChI is InChI=1S/C14H25N3/c1-3-17-11-13(9-16-17)8-15-10-14-7-5-4-6-12(14)2/h9,11-12,14-15H,3-8,10H2,1-2H3. The van der Waals surface area contributed by atoms with Crippen molar-refractivity contribution in [3.63, 3.8) is 0 Å².